The molecule has 0 saturated carbocycles. The zero-order chi connectivity index (χ0) is 10.1. The number of hydrogen-bond donors (Lipinski definition) is 0. The van der Waals surface area contributed by atoms with E-state index >= 15 is 0 Å². The topological polar surface area (TPSA) is 6.25 Å². The Morgan fingerprint density at radius 3 is 2.43 bits per heavy atom. The number of para-hydroxylation sites is 1. The lowest BCUT2D eigenvalue weighted by Gasteiger charge is -2.13. The lowest BCUT2D eigenvalue weighted by atomic mass is 10.2. The third-order valence-electron chi connectivity index (χ3n) is 2.91. The van der Waals surface area contributed by atoms with E-state index in [1.165, 1.54) is 11.4 Å². The van der Waals surface area contributed by atoms with Gasteiger partial charge in [0, 0.05) is 19.1 Å². The highest BCUT2D eigenvalue weighted by Crippen LogP contribution is 2.21. The lowest BCUT2D eigenvalue weighted by molar-refractivity contribution is -0.613. The summed E-state index contributed by atoms with van der Waals surface area (Å²) in [5, 5.41) is 2.30. The van der Waals surface area contributed by atoms with Crippen LogP contribution in [-0.4, -0.2) is 28.5 Å². The molecule has 1 atom stereocenters. The van der Waals surface area contributed by atoms with Gasteiger partial charge in [0.25, 0.3) is 0 Å². The number of rotatable bonds is 1. The molecule has 2 heteroatoms. The number of hydrogen-bond acceptors (Lipinski definition) is 1. The van der Waals surface area contributed by atoms with Crippen LogP contribution in [0.25, 0.3) is 0 Å². The summed E-state index contributed by atoms with van der Waals surface area (Å²) in [7, 11) is 2.15. The summed E-state index contributed by atoms with van der Waals surface area (Å²) < 4.78 is 2.30. The second-order valence-electron chi connectivity index (χ2n) is 4.01. The molecule has 1 aliphatic rings. The minimum atomic E-state index is 0.607. The van der Waals surface area contributed by atoms with Crippen LogP contribution in [0.2, 0.25) is 0 Å². The first-order valence-corrected chi connectivity index (χ1v) is 5.10. The predicted molar refractivity (Wildman–Crippen MR) is 58.9 cm³/mol. The van der Waals surface area contributed by atoms with Gasteiger partial charge in [0.05, 0.1) is 19.5 Å². The Hall–Kier alpha value is -1.31. The summed E-state index contributed by atoms with van der Waals surface area (Å²) in [6.07, 6.45) is 1.16. The maximum atomic E-state index is 2.30. The normalized spacial score (nSPS) is 21.9. The molecule has 0 aliphatic carbocycles. The molecular weight excluding hydrogens is 172 g/mol. The van der Waals surface area contributed by atoms with Gasteiger partial charge >= 0.3 is 0 Å². The highest BCUT2D eigenvalue weighted by Gasteiger charge is 2.32. The van der Waals surface area contributed by atoms with Crippen LogP contribution in [-0.2, 0) is 0 Å². The molecule has 0 amide bonds. The molecule has 0 saturated heterocycles. The Labute approximate surface area is 85.5 Å². The third kappa shape index (κ3) is 1.41. The van der Waals surface area contributed by atoms with E-state index in [1.807, 2.05) is 0 Å². The fourth-order valence-electron chi connectivity index (χ4n) is 2.08. The Balaban J connectivity index is 2.40. The monoisotopic (exact) mass is 189 g/mol. The van der Waals surface area contributed by atoms with Gasteiger partial charge < -0.3 is 0 Å². The maximum Gasteiger partial charge on any atom is 0.235 e. The van der Waals surface area contributed by atoms with E-state index in [2.05, 4.69) is 60.9 Å². The van der Waals surface area contributed by atoms with Crippen molar-refractivity contribution in [2.24, 2.45) is 0 Å². The van der Waals surface area contributed by atoms with Gasteiger partial charge in [0.15, 0.2) is 5.71 Å². The van der Waals surface area contributed by atoms with Gasteiger partial charge in [-0.05, 0) is 6.92 Å². The van der Waals surface area contributed by atoms with Crippen molar-refractivity contribution in [1.82, 2.24) is 5.01 Å². The molecule has 1 unspecified atom stereocenters. The molecule has 1 aromatic rings. The van der Waals surface area contributed by atoms with Crippen LogP contribution in [0.1, 0.15) is 20.3 Å². The minimum Gasteiger partial charge on any atom is -0.180 e. The first-order chi connectivity index (χ1) is 6.70. The van der Waals surface area contributed by atoms with Crippen LogP contribution in [0.15, 0.2) is 30.3 Å². The number of hydrazine groups is 1. The molecule has 1 heterocycles. The van der Waals surface area contributed by atoms with Gasteiger partial charge in [-0.25, -0.2) is 0 Å². The summed E-state index contributed by atoms with van der Waals surface area (Å²) >= 11 is 0. The Bertz CT molecular complexity index is 354. The van der Waals surface area contributed by atoms with Crippen molar-refractivity contribution in [2.75, 3.05) is 7.05 Å². The van der Waals surface area contributed by atoms with Gasteiger partial charge in [-0.1, -0.05) is 22.9 Å². The predicted octanol–water partition coefficient (Wildman–Crippen LogP) is 2.43. The molecule has 0 bridgehead atoms. The van der Waals surface area contributed by atoms with Crippen LogP contribution in [0, 0.1) is 0 Å². The second kappa shape index (κ2) is 3.45. The summed E-state index contributed by atoms with van der Waals surface area (Å²) in [6.45, 7) is 4.46. The van der Waals surface area contributed by atoms with Gasteiger partial charge in [-0.15, -0.1) is 0 Å². The van der Waals surface area contributed by atoms with E-state index in [1.54, 1.807) is 0 Å². The smallest absolute Gasteiger partial charge is 0.180 e. The Kier molecular flexibility index (Phi) is 2.28. The maximum absolute atomic E-state index is 2.30. The molecule has 1 aliphatic heterocycles. The Morgan fingerprint density at radius 2 is 1.93 bits per heavy atom. The molecule has 74 valence electrons. The quantitative estimate of drug-likeness (QED) is 0.615. The van der Waals surface area contributed by atoms with E-state index in [4.69, 9.17) is 0 Å². The molecule has 2 rings (SSSR count). The zero-order valence-electron chi connectivity index (χ0n) is 9.07. The minimum absolute atomic E-state index is 0.607. The summed E-state index contributed by atoms with van der Waals surface area (Å²) in [5.41, 5.74) is 2.68. The van der Waals surface area contributed by atoms with Crippen molar-refractivity contribution < 1.29 is 4.68 Å². The van der Waals surface area contributed by atoms with Crippen LogP contribution in [0.3, 0.4) is 0 Å². The number of benzene rings is 1. The zero-order valence-corrected chi connectivity index (χ0v) is 9.07. The first-order valence-electron chi connectivity index (χ1n) is 5.10. The molecule has 2 nitrogen and oxygen atoms in total. The molecule has 0 fully saturated rings. The van der Waals surface area contributed by atoms with E-state index < -0.39 is 0 Å². The summed E-state index contributed by atoms with van der Waals surface area (Å²) in [6, 6.07) is 11.1. The number of hydrazone groups is 1. The van der Waals surface area contributed by atoms with E-state index in [0.29, 0.717) is 6.04 Å². The fraction of sp³-hybridized carbons (Fsp3) is 0.417. The molecule has 0 aromatic heterocycles. The highest BCUT2D eigenvalue weighted by molar-refractivity contribution is 5.79. The van der Waals surface area contributed by atoms with Gasteiger partial charge in [-0.3, -0.25) is 0 Å². The van der Waals surface area contributed by atoms with E-state index in [-0.39, 0.29) is 0 Å². The van der Waals surface area contributed by atoms with Crippen molar-refractivity contribution in [3.63, 3.8) is 0 Å². The van der Waals surface area contributed by atoms with Crippen LogP contribution in [0.4, 0.5) is 5.69 Å². The van der Waals surface area contributed by atoms with E-state index in [0.717, 1.165) is 6.42 Å². The molecule has 14 heavy (non-hydrogen) atoms. The van der Waals surface area contributed by atoms with Crippen LogP contribution >= 0.6 is 0 Å². The van der Waals surface area contributed by atoms with Crippen molar-refractivity contribution in [1.29, 1.82) is 0 Å². The first kappa shape index (κ1) is 9.25. The van der Waals surface area contributed by atoms with E-state index in [9.17, 15) is 0 Å². The average molecular weight is 189 g/mol. The highest BCUT2D eigenvalue weighted by atomic mass is 15.6. The molecule has 1 aromatic carbocycles. The van der Waals surface area contributed by atoms with Crippen LogP contribution in [0.5, 0.6) is 0 Å². The van der Waals surface area contributed by atoms with Crippen molar-refractivity contribution in [3.05, 3.63) is 30.3 Å². The van der Waals surface area contributed by atoms with Gasteiger partial charge in [0.1, 0.15) is 0 Å². The SMILES string of the molecule is CC1=[N+](c2ccccc2)N(C)C(C)C1. The molecular formula is C12H17N2+. The average Bonchev–Trinajstić information content (AvgIpc) is 2.43. The van der Waals surface area contributed by atoms with Crippen molar-refractivity contribution in [2.45, 2.75) is 26.3 Å². The Morgan fingerprint density at radius 1 is 1.29 bits per heavy atom. The molecule has 0 spiro atoms. The largest absolute Gasteiger partial charge is 0.235 e. The second-order valence-corrected chi connectivity index (χ2v) is 4.01. The van der Waals surface area contributed by atoms with Crippen molar-refractivity contribution >= 4 is 11.4 Å². The standard InChI is InChI=1S/C12H17N2/c1-10-9-11(2)14(13(10)3)12-7-5-4-6-8-12/h4-8,10H,9H2,1-3H3/q+1. The molecule has 0 radical (unpaired) electrons. The van der Waals surface area contributed by atoms with Gasteiger partial charge in [-0.2, -0.15) is 5.01 Å². The van der Waals surface area contributed by atoms with Crippen molar-refractivity contribution in [3.8, 4) is 0 Å². The number of nitrogens with zero attached hydrogens (tertiary/aromatic N) is 2. The third-order valence-corrected chi connectivity index (χ3v) is 2.91. The summed E-state index contributed by atoms with van der Waals surface area (Å²) in [4.78, 5) is 0. The summed E-state index contributed by atoms with van der Waals surface area (Å²) in [5.74, 6) is 0. The molecule has 0 N–H and O–H groups in total. The van der Waals surface area contributed by atoms with Gasteiger partial charge in [0.2, 0.25) is 5.69 Å². The van der Waals surface area contributed by atoms with Crippen LogP contribution < -0.4 is 0 Å². The lowest BCUT2D eigenvalue weighted by Crippen LogP contribution is -2.29. The fourth-order valence-corrected chi connectivity index (χ4v) is 2.08.